The van der Waals surface area contributed by atoms with E-state index >= 15 is 0 Å². The van der Waals surface area contributed by atoms with E-state index in [9.17, 15) is 26.7 Å². The van der Waals surface area contributed by atoms with Crippen LogP contribution in [0.4, 0.5) is 27.6 Å². The van der Waals surface area contributed by atoms with Gasteiger partial charge in [-0.3, -0.25) is 9.48 Å². The summed E-state index contributed by atoms with van der Waals surface area (Å²) in [5.74, 6) is -9.83. The molecule has 0 unspecified atom stereocenters. The third-order valence-corrected chi connectivity index (χ3v) is 6.16. The molecule has 2 aromatic heterocycles. The molecule has 0 radical (unpaired) electrons. The summed E-state index contributed by atoms with van der Waals surface area (Å²) in [4.78, 5) is 13.0. The number of anilines is 1. The summed E-state index contributed by atoms with van der Waals surface area (Å²) in [5, 5.41) is 8.19. The highest BCUT2D eigenvalue weighted by molar-refractivity contribution is 7.12. The molecule has 35 heavy (non-hydrogen) atoms. The predicted molar refractivity (Wildman–Crippen MR) is 120 cm³/mol. The van der Waals surface area contributed by atoms with Gasteiger partial charge >= 0.3 is 0 Å². The van der Waals surface area contributed by atoms with Crippen LogP contribution in [-0.4, -0.2) is 15.7 Å². The molecule has 5 nitrogen and oxygen atoms in total. The molecule has 4 aromatic rings. The van der Waals surface area contributed by atoms with E-state index < -0.39 is 47.1 Å². The van der Waals surface area contributed by atoms with Crippen LogP contribution in [0.15, 0.2) is 42.0 Å². The van der Waals surface area contributed by atoms with Crippen LogP contribution in [0, 0.1) is 42.9 Å². The second kappa shape index (κ2) is 9.87. The summed E-state index contributed by atoms with van der Waals surface area (Å²) < 4.78 is 74.7. The first-order valence-electron chi connectivity index (χ1n) is 10.3. The highest BCUT2D eigenvalue weighted by atomic mass is 32.1. The summed E-state index contributed by atoms with van der Waals surface area (Å²) in [6.07, 6.45) is 2.41. The smallest absolute Gasteiger partial charge is 0.265 e. The number of thiophene rings is 1. The van der Waals surface area contributed by atoms with Gasteiger partial charge in [0.1, 0.15) is 12.4 Å². The fourth-order valence-corrected chi connectivity index (χ4v) is 4.20. The van der Waals surface area contributed by atoms with Gasteiger partial charge in [-0.15, -0.1) is 11.3 Å². The normalized spacial score (nSPS) is 11.1. The van der Waals surface area contributed by atoms with Crippen molar-refractivity contribution in [1.29, 1.82) is 0 Å². The number of para-hydroxylation sites is 1. The van der Waals surface area contributed by atoms with Gasteiger partial charge in [0.2, 0.25) is 5.82 Å². The van der Waals surface area contributed by atoms with Crippen molar-refractivity contribution in [3.63, 3.8) is 0 Å². The third kappa shape index (κ3) is 5.04. The standard InChI is InChI=1S/C24H18F5N3O2S/c1-12-4-3-5-13(2)23(12)34-10-14-6-17(35-11-14)24(33)31-15-7-30-32(8-15)9-16-18(25)20(27)22(29)21(28)19(16)26/h3-8,11H,9-10H2,1-2H3,(H,31,33). The number of aryl methyl sites for hydroxylation is 2. The molecule has 0 spiro atoms. The minimum absolute atomic E-state index is 0.181. The Labute approximate surface area is 200 Å². The molecule has 0 atom stereocenters. The van der Waals surface area contributed by atoms with E-state index in [0.29, 0.717) is 4.88 Å². The Morgan fingerprint density at radius 3 is 2.31 bits per heavy atom. The minimum atomic E-state index is -2.23. The van der Waals surface area contributed by atoms with Crippen LogP contribution < -0.4 is 10.1 Å². The molecule has 0 aliphatic carbocycles. The van der Waals surface area contributed by atoms with Crippen molar-refractivity contribution < 1.29 is 31.5 Å². The predicted octanol–water partition coefficient (Wildman–Crippen LogP) is 6.14. The highest BCUT2D eigenvalue weighted by Crippen LogP contribution is 2.26. The van der Waals surface area contributed by atoms with Crippen molar-refractivity contribution in [2.45, 2.75) is 27.0 Å². The van der Waals surface area contributed by atoms with E-state index in [1.165, 1.54) is 23.7 Å². The van der Waals surface area contributed by atoms with Crippen LogP contribution in [-0.2, 0) is 13.2 Å². The second-order valence-electron chi connectivity index (χ2n) is 7.76. The SMILES string of the molecule is Cc1cccc(C)c1OCc1csc(C(=O)Nc2cnn(Cc3c(F)c(F)c(F)c(F)c3F)c2)c1. The molecule has 0 fully saturated rings. The number of hydrogen-bond acceptors (Lipinski definition) is 4. The molecule has 11 heteroatoms. The molecular weight excluding hydrogens is 489 g/mol. The van der Waals surface area contributed by atoms with Gasteiger partial charge < -0.3 is 10.1 Å². The number of benzene rings is 2. The minimum Gasteiger partial charge on any atom is -0.488 e. The first kappa shape index (κ1) is 24.4. The number of amides is 1. The Kier molecular flexibility index (Phi) is 6.88. The average molecular weight is 507 g/mol. The number of carbonyl (C=O) groups is 1. The van der Waals surface area contributed by atoms with Crippen LogP contribution in [0.3, 0.4) is 0 Å². The first-order chi connectivity index (χ1) is 16.7. The zero-order chi connectivity index (χ0) is 25.3. The monoisotopic (exact) mass is 507 g/mol. The Morgan fingerprint density at radius 2 is 1.66 bits per heavy atom. The van der Waals surface area contributed by atoms with Gasteiger partial charge in [0.05, 0.1) is 28.9 Å². The number of aromatic nitrogens is 2. The summed E-state index contributed by atoms with van der Waals surface area (Å²) >= 11 is 1.20. The van der Waals surface area contributed by atoms with Crippen molar-refractivity contribution in [3.8, 4) is 5.75 Å². The lowest BCUT2D eigenvalue weighted by Gasteiger charge is -2.10. The van der Waals surface area contributed by atoms with Gasteiger partial charge in [0.25, 0.3) is 5.91 Å². The summed E-state index contributed by atoms with van der Waals surface area (Å²) in [5.41, 5.74) is 1.95. The molecule has 4 rings (SSSR count). The average Bonchev–Trinajstić information content (AvgIpc) is 3.48. The van der Waals surface area contributed by atoms with E-state index in [1.807, 2.05) is 32.0 Å². The fraction of sp³-hybridized carbons (Fsp3) is 0.167. The number of halogens is 5. The van der Waals surface area contributed by atoms with Crippen LogP contribution in [0.25, 0.3) is 0 Å². The largest absolute Gasteiger partial charge is 0.488 e. The molecule has 0 saturated carbocycles. The molecule has 0 bridgehead atoms. The van der Waals surface area contributed by atoms with Gasteiger partial charge in [-0.05, 0) is 36.4 Å². The molecule has 0 saturated heterocycles. The zero-order valence-corrected chi connectivity index (χ0v) is 19.3. The van der Waals surface area contributed by atoms with Gasteiger partial charge in [-0.2, -0.15) is 5.10 Å². The van der Waals surface area contributed by atoms with E-state index in [2.05, 4.69) is 10.4 Å². The summed E-state index contributed by atoms with van der Waals surface area (Å²) in [7, 11) is 0. The molecule has 2 aromatic carbocycles. The molecule has 2 heterocycles. The number of nitrogens with zero attached hydrogens (tertiary/aromatic N) is 2. The molecular formula is C24H18F5N3O2S. The maximum atomic E-state index is 13.9. The first-order valence-corrected chi connectivity index (χ1v) is 11.1. The number of rotatable bonds is 7. The van der Waals surface area contributed by atoms with Crippen molar-refractivity contribution in [2.75, 3.05) is 5.32 Å². The van der Waals surface area contributed by atoms with Gasteiger partial charge in [-0.25, -0.2) is 22.0 Å². The number of carbonyl (C=O) groups excluding carboxylic acids is 1. The Balaban J connectivity index is 1.41. The van der Waals surface area contributed by atoms with E-state index in [4.69, 9.17) is 4.74 Å². The third-order valence-electron chi connectivity index (χ3n) is 5.18. The van der Waals surface area contributed by atoms with Crippen molar-refractivity contribution >= 4 is 22.9 Å². The van der Waals surface area contributed by atoms with E-state index in [1.54, 1.807) is 11.4 Å². The molecule has 0 aliphatic rings. The molecule has 0 aliphatic heterocycles. The van der Waals surface area contributed by atoms with Crippen molar-refractivity contribution in [1.82, 2.24) is 9.78 Å². The van der Waals surface area contributed by atoms with Gasteiger partial charge in [0.15, 0.2) is 23.3 Å². The topological polar surface area (TPSA) is 56.1 Å². The van der Waals surface area contributed by atoms with Crippen LogP contribution in [0.1, 0.15) is 31.9 Å². The van der Waals surface area contributed by atoms with E-state index in [0.717, 1.165) is 27.1 Å². The molecule has 1 N–H and O–H groups in total. The second-order valence-corrected chi connectivity index (χ2v) is 8.67. The van der Waals surface area contributed by atoms with Crippen molar-refractivity contribution in [2.24, 2.45) is 0 Å². The number of nitrogens with one attached hydrogen (secondary N) is 1. The lowest BCUT2D eigenvalue weighted by atomic mass is 10.1. The molecule has 182 valence electrons. The Morgan fingerprint density at radius 1 is 1.03 bits per heavy atom. The zero-order valence-electron chi connectivity index (χ0n) is 18.5. The Bertz CT molecular complexity index is 1370. The van der Waals surface area contributed by atoms with Crippen molar-refractivity contribution in [3.05, 3.63) is 98.3 Å². The molecule has 1 amide bonds. The van der Waals surface area contributed by atoms with Crippen LogP contribution in [0.5, 0.6) is 5.75 Å². The quantitative estimate of drug-likeness (QED) is 0.186. The van der Waals surface area contributed by atoms with E-state index in [-0.39, 0.29) is 12.3 Å². The highest BCUT2D eigenvalue weighted by Gasteiger charge is 2.26. The summed E-state index contributed by atoms with van der Waals surface area (Å²) in [6, 6.07) is 7.50. The van der Waals surface area contributed by atoms with Gasteiger partial charge in [-0.1, -0.05) is 18.2 Å². The lowest BCUT2D eigenvalue weighted by Crippen LogP contribution is -2.12. The fourth-order valence-electron chi connectivity index (χ4n) is 3.41. The maximum Gasteiger partial charge on any atom is 0.265 e. The Hall–Kier alpha value is -3.73. The lowest BCUT2D eigenvalue weighted by molar-refractivity contribution is 0.103. The number of hydrogen-bond donors (Lipinski definition) is 1. The van der Waals surface area contributed by atoms with Crippen LogP contribution in [0.2, 0.25) is 0 Å². The van der Waals surface area contributed by atoms with Gasteiger partial charge in [0, 0.05) is 11.8 Å². The van der Waals surface area contributed by atoms with Crippen LogP contribution >= 0.6 is 11.3 Å². The summed E-state index contributed by atoms with van der Waals surface area (Å²) in [6.45, 7) is 3.44. The maximum absolute atomic E-state index is 13.9. The number of ether oxygens (including phenoxy) is 1.